The lowest BCUT2D eigenvalue weighted by Crippen LogP contribution is -2.70. The van der Waals surface area contributed by atoms with Crippen molar-refractivity contribution in [2.75, 3.05) is 6.01 Å². The van der Waals surface area contributed by atoms with Crippen LogP contribution in [0.5, 0.6) is 0 Å². The average Bonchev–Trinajstić information content (AvgIpc) is 3.31. The smallest absolute Gasteiger partial charge is 0.351 e. The first-order valence-corrected chi connectivity index (χ1v) is 14.8. The van der Waals surface area contributed by atoms with Gasteiger partial charge in [0, 0.05) is 22.7 Å². The molecular formula is C28H32F3NO5S2. The Morgan fingerprint density at radius 2 is 1.95 bits per heavy atom. The van der Waals surface area contributed by atoms with Crippen LogP contribution in [0.1, 0.15) is 60.4 Å². The molecule has 3 saturated carbocycles. The summed E-state index contributed by atoms with van der Waals surface area (Å²) < 4.78 is 52.9. The number of fused-ring (bicyclic) bond motifs is 5. The number of esters is 1. The number of carbonyl (C=O) groups is 3. The first-order chi connectivity index (χ1) is 18.2. The summed E-state index contributed by atoms with van der Waals surface area (Å²) in [6, 6.07) is -1.05. The van der Waals surface area contributed by atoms with Crippen LogP contribution in [0.3, 0.4) is 0 Å². The third kappa shape index (κ3) is 3.64. The van der Waals surface area contributed by atoms with Crippen LogP contribution in [0.4, 0.5) is 13.2 Å². The second-order valence-electron chi connectivity index (χ2n) is 11.8. The van der Waals surface area contributed by atoms with Crippen LogP contribution in [0.25, 0.3) is 0 Å². The third-order valence-corrected chi connectivity index (χ3v) is 11.7. The second kappa shape index (κ2) is 9.27. The number of alkyl halides is 3. The summed E-state index contributed by atoms with van der Waals surface area (Å²) in [6.07, 6.45) is -0.0255. The van der Waals surface area contributed by atoms with Crippen molar-refractivity contribution in [3.05, 3.63) is 39.4 Å². The highest BCUT2D eigenvalue weighted by molar-refractivity contribution is 8.13. The normalized spacial score (nSPS) is 42.8. The zero-order chi connectivity index (χ0) is 28.7. The van der Waals surface area contributed by atoms with Crippen LogP contribution in [0.15, 0.2) is 23.8 Å². The van der Waals surface area contributed by atoms with Crippen molar-refractivity contribution in [2.24, 2.45) is 28.6 Å². The average molecular weight is 584 g/mol. The molecule has 39 heavy (non-hydrogen) atoms. The number of aliphatic hydroxyl groups is 1. The van der Waals surface area contributed by atoms with Crippen molar-refractivity contribution in [3.63, 3.8) is 0 Å². The Kier molecular flexibility index (Phi) is 6.79. The van der Waals surface area contributed by atoms with Gasteiger partial charge in [0.1, 0.15) is 17.1 Å². The minimum absolute atomic E-state index is 0.000223. The van der Waals surface area contributed by atoms with Gasteiger partial charge in [-0.2, -0.15) is 0 Å². The predicted octanol–water partition coefficient (Wildman–Crippen LogP) is 5.41. The largest absolute Gasteiger partial charge is 0.445 e. The molecule has 5 rings (SSSR count). The standard InChI is InChI=1S/C28H32F3NO5S2/c1-13-8-17-18-10-20(30)19-9-16(33)6-7-25(19,4)27(18,31)21(34)11-26(17,5)28(13,24(36)38-12-29)37-23(35)22-14(2)32-15(3)39-22/h6-7,9,13,17-18,20-21,34H,8,10-12H2,1-5H3/t13?,17-,18-,20?,21?,25-,26-,27?,28?/m0/s1. The van der Waals surface area contributed by atoms with E-state index in [1.54, 1.807) is 27.7 Å². The maximum atomic E-state index is 17.5. The number of nitrogens with zero attached hydrogens (tertiary/aromatic N) is 1. The molecule has 0 aromatic carbocycles. The van der Waals surface area contributed by atoms with E-state index in [1.165, 1.54) is 19.1 Å². The number of rotatable bonds is 4. The maximum Gasteiger partial charge on any atom is 0.351 e. The molecule has 0 spiro atoms. The number of thioether (sulfide) groups is 1. The number of aliphatic hydroxyl groups excluding tert-OH is 1. The fourth-order valence-corrected chi connectivity index (χ4v) is 9.87. The summed E-state index contributed by atoms with van der Waals surface area (Å²) in [6.45, 7) is 8.24. The topological polar surface area (TPSA) is 93.6 Å². The molecule has 9 atom stereocenters. The van der Waals surface area contributed by atoms with Crippen molar-refractivity contribution in [1.29, 1.82) is 0 Å². The van der Waals surface area contributed by atoms with Crippen molar-refractivity contribution in [3.8, 4) is 0 Å². The van der Waals surface area contributed by atoms with Crippen molar-refractivity contribution in [1.82, 2.24) is 4.98 Å². The van der Waals surface area contributed by atoms with E-state index in [4.69, 9.17) is 4.74 Å². The fraction of sp³-hybridized carbons (Fsp3) is 0.643. The van der Waals surface area contributed by atoms with Gasteiger partial charge in [0.2, 0.25) is 5.12 Å². The molecule has 1 aromatic rings. The number of carbonyl (C=O) groups excluding carboxylic acids is 3. The van der Waals surface area contributed by atoms with Crippen LogP contribution in [-0.2, 0) is 14.3 Å². The van der Waals surface area contributed by atoms with E-state index in [0.717, 1.165) is 17.4 Å². The predicted molar refractivity (Wildman–Crippen MR) is 141 cm³/mol. The molecule has 0 saturated heterocycles. The number of ether oxygens (including phenoxy) is 1. The first-order valence-electron chi connectivity index (χ1n) is 13.0. The Hall–Kier alpha value is -1.98. The van der Waals surface area contributed by atoms with Crippen LogP contribution < -0.4 is 0 Å². The van der Waals surface area contributed by atoms with Crippen LogP contribution in [0, 0.1) is 42.4 Å². The van der Waals surface area contributed by atoms with Gasteiger partial charge in [0.15, 0.2) is 17.1 Å². The van der Waals surface area contributed by atoms with Gasteiger partial charge in [-0.05, 0) is 75.4 Å². The molecule has 1 heterocycles. The van der Waals surface area contributed by atoms with E-state index >= 15 is 8.78 Å². The van der Waals surface area contributed by atoms with Gasteiger partial charge in [0.25, 0.3) is 0 Å². The SMILES string of the molecule is Cc1nc(C)c(C(=O)OC2(C(=O)SCF)C(C)C[C@H]3[C@@H]4CC(F)C5=CC(=O)C=C[C@]5(C)C4(F)C(O)C[C@@]32C)s1. The van der Waals surface area contributed by atoms with Gasteiger partial charge in [0.05, 0.1) is 16.8 Å². The summed E-state index contributed by atoms with van der Waals surface area (Å²) in [5.41, 5.74) is -6.70. The quantitative estimate of drug-likeness (QED) is 0.474. The fourth-order valence-electron chi connectivity index (χ4n) is 8.29. The van der Waals surface area contributed by atoms with E-state index < -0.39 is 75.0 Å². The van der Waals surface area contributed by atoms with Crippen LogP contribution >= 0.6 is 23.1 Å². The third-order valence-electron chi connectivity index (χ3n) is 10.0. The maximum absolute atomic E-state index is 17.5. The van der Waals surface area contributed by atoms with Gasteiger partial charge >= 0.3 is 5.97 Å². The molecule has 6 nitrogen and oxygen atoms in total. The number of ketones is 1. The Labute approximate surface area is 233 Å². The van der Waals surface area contributed by atoms with Crippen molar-refractivity contribution < 1.29 is 37.4 Å². The minimum Gasteiger partial charge on any atom is -0.445 e. The van der Waals surface area contributed by atoms with Crippen LogP contribution in [-0.4, -0.2) is 56.5 Å². The molecule has 1 N–H and O–H groups in total. The van der Waals surface area contributed by atoms with Crippen LogP contribution in [0.2, 0.25) is 0 Å². The summed E-state index contributed by atoms with van der Waals surface area (Å²) in [5, 5.41) is 11.5. The summed E-state index contributed by atoms with van der Waals surface area (Å²) >= 11 is 1.49. The first kappa shape index (κ1) is 28.5. The molecular weight excluding hydrogens is 551 g/mol. The Balaban J connectivity index is 1.64. The molecule has 212 valence electrons. The van der Waals surface area contributed by atoms with E-state index in [-0.39, 0.29) is 29.7 Å². The van der Waals surface area contributed by atoms with E-state index in [1.807, 2.05) is 0 Å². The van der Waals surface area contributed by atoms with Gasteiger partial charge in [-0.25, -0.2) is 22.9 Å². The summed E-state index contributed by atoms with van der Waals surface area (Å²) in [5.74, 6) is -3.63. The monoisotopic (exact) mass is 583 g/mol. The second-order valence-corrected chi connectivity index (χ2v) is 13.9. The van der Waals surface area contributed by atoms with E-state index in [2.05, 4.69) is 4.98 Å². The van der Waals surface area contributed by atoms with Gasteiger partial charge in [-0.3, -0.25) is 9.59 Å². The number of aromatic nitrogens is 1. The molecule has 0 bridgehead atoms. The lowest BCUT2D eigenvalue weighted by Gasteiger charge is -2.63. The molecule has 1 aromatic heterocycles. The molecule has 0 aliphatic heterocycles. The molecule has 3 fully saturated rings. The number of halogens is 3. The number of thiazole rings is 1. The van der Waals surface area contributed by atoms with Gasteiger partial charge in [-0.1, -0.05) is 19.9 Å². The highest BCUT2D eigenvalue weighted by atomic mass is 32.2. The zero-order valence-electron chi connectivity index (χ0n) is 22.4. The molecule has 0 amide bonds. The van der Waals surface area contributed by atoms with Crippen molar-refractivity contribution >= 4 is 40.0 Å². The molecule has 5 unspecified atom stereocenters. The van der Waals surface area contributed by atoms with Gasteiger partial charge in [-0.15, -0.1) is 11.3 Å². The van der Waals surface area contributed by atoms with Crippen molar-refractivity contribution in [2.45, 2.75) is 77.4 Å². The number of allylic oxidation sites excluding steroid dienone is 4. The highest BCUT2D eigenvalue weighted by Crippen LogP contribution is 2.72. The number of hydrogen-bond donors (Lipinski definition) is 1. The molecule has 0 radical (unpaired) electrons. The Morgan fingerprint density at radius 1 is 1.26 bits per heavy atom. The highest BCUT2D eigenvalue weighted by Gasteiger charge is 2.78. The Bertz CT molecular complexity index is 1310. The number of aryl methyl sites for hydroxylation is 2. The summed E-state index contributed by atoms with van der Waals surface area (Å²) in [7, 11) is 0. The lowest BCUT2D eigenvalue weighted by molar-refractivity contribution is -0.221. The minimum atomic E-state index is -2.34. The van der Waals surface area contributed by atoms with E-state index in [9.17, 15) is 23.9 Å². The van der Waals surface area contributed by atoms with E-state index in [0.29, 0.717) is 22.5 Å². The zero-order valence-corrected chi connectivity index (χ0v) is 24.1. The number of hydrogen-bond acceptors (Lipinski definition) is 8. The lowest BCUT2D eigenvalue weighted by atomic mass is 9.44. The van der Waals surface area contributed by atoms with Gasteiger partial charge < -0.3 is 9.84 Å². The Morgan fingerprint density at radius 3 is 2.56 bits per heavy atom. The molecule has 11 heteroatoms. The molecule has 4 aliphatic rings. The summed E-state index contributed by atoms with van der Waals surface area (Å²) in [4.78, 5) is 43.8. The molecule has 4 aliphatic carbocycles.